The van der Waals surface area contributed by atoms with E-state index in [0.29, 0.717) is 18.0 Å². The molecule has 0 aromatic heterocycles. The van der Waals surface area contributed by atoms with Crippen molar-refractivity contribution in [1.29, 1.82) is 0 Å². The fourth-order valence-electron chi connectivity index (χ4n) is 4.58. The molecule has 0 bridgehead atoms. The van der Waals surface area contributed by atoms with Gasteiger partial charge in [0.2, 0.25) is 15.9 Å². The summed E-state index contributed by atoms with van der Waals surface area (Å²) in [5, 5.41) is 9.59. The van der Waals surface area contributed by atoms with Crippen LogP contribution < -0.4 is 16.0 Å². The normalized spacial score (nSPS) is 19.0. The van der Waals surface area contributed by atoms with Crippen LogP contribution in [0.4, 0.5) is 5.69 Å². The SMILES string of the molecule is CNCCN(C)S(=O)(=O)c1cc(C2CCC(c3c(C)cccc3NC(C)=O)CN2)ccc1C. The minimum atomic E-state index is -3.55. The molecule has 1 aliphatic heterocycles. The van der Waals surface area contributed by atoms with E-state index in [2.05, 4.69) is 28.9 Å². The highest BCUT2D eigenvalue weighted by atomic mass is 32.2. The van der Waals surface area contributed by atoms with E-state index >= 15 is 0 Å². The van der Waals surface area contributed by atoms with E-state index in [-0.39, 0.29) is 17.9 Å². The van der Waals surface area contributed by atoms with Crippen LogP contribution in [-0.2, 0) is 14.8 Å². The maximum absolute atomic E-state index is 13.1. The molecule has 3 N–H and O–H groups in total. The first-order chi connectivity index (χ1) is 15.6. The topological polar surface area (TPSA) is 90.5 Å². The van der Waals surface area contributed by atoms with E-state index < -0.39 is 10.0 Å². The summed E-state index contributed by atoms with van der Waals surface area (Å²) in [4.78, 5) is 12.0. The Labute approximate surface area is 198 Å². The first-order valence-electron chi connectivity index (χ1n) is 11.5. The van der Waals surface area contributed by atoms with Gasteiger partial charge in [-0.15, -0.1) is 0 Å². The Balaban J connectivity index is 1.79. The standard InChI is InChI=1S/C25H36N4O3S/c1-17-9-10-20(15-24(17)33(31,32)29(5)14-13-26-4)22-12-11-21(16-27-22)25-18(2)7-6-8-23(25)28-19(3)30/h6-10,15,21-22,26-27H,11-14,16H2,1-5H3,(H,28,30). The molecule has 0 radical (unpaired) electrons. The van der Waals surface area contributed by atoms with Crippen molar-refractivity contribution in [1.82, 2.24) is 14.9 Å². The summed E-state index contributed by atoms with van der Waals surface area (Å²) in [7, 11) is -0.122. The van der Waals surface area contributed by atoms with E-state index in [1.165, 1.54) is 22.4 Å². The molecule has 0 spiro atoms. The molecule has 0 aliphatic carbocycles. The highest BCUT2D eigenvalue weighted by molar-refractivity contribution is 7.89. The first-order valence-corrected chi connectivity index (χ1v) is 12.9. The van der Waals surface area contributed by atoms with Gasteiger partial charge in [-0.3, -0.25) is 4.79 Å². The van der Waals surface area contributed by atoms with Crippen LogP contribution >= 0.6 is 0 Å². The van der Waals surface area contributed by atoms with E-state index in [1.54, 1.807) is 7.05 Å². The van der Waals surface area contributed by atoms with Crippen LogP contribution in [0.1, 0.15) is 54.0 Å². The van der Waals surface area contributed by atoms with E-state index in [4.69, 9.17) is 0 Å². The summed E-state index contributed by atoms with van der Waals surface area (Å²) >= 11 is 0. The summed E-state index contributed by atoms with van der Waals surface area (Å²) in [5.41, 5.74) is 4.97. The van der Waals surface area contributed by atoms with Gasteiger partial charge in [0.1, 0.15) is 0 Å². The monoisotopic (exact) mass is 472 g/mol. The van der Waals surface area contributed by atoms with Crippen LogP contribution in [0.2, 0.25) is 0 Å². The molecule has 7 nitrogen and oxygen atoms in total. The number of benzene rings is 2. The smallest absolute Gasteiger partial charge is 0.243 e. The zero-order valence-electron chi connectivity index (χ0n) is 20.2. The maximum atomic E-state index is 13.1. The Morgan fingerprint density at radius 3 is 2.55 bits per heavy atom. The molecule has 2 aromatic carbocycles. The molecule has 0 saturated carbocycles. The number of carbonyl (C=O) groups excluding carboxylic acids is 1. The second-order valence-corrected chi connectivity index (χ2v) is 10.9. The summed E-state index contributed by atoms with van der Waals surface area (Å²) in [6.07, 6.45) is 1.84. The molecule has 2 atom stereocenters. The average Bonchev–Trinajstić information content (AvgIpc) is 2.77. The molecule has 2 aromatic rings. The lowest BCUT2D eigenvalue weighted by atomic mass is 9.83. The molecule has 180 valence electrons. The van der Waals surface area contributed by atoms with Crippen molar-refractivity contribution in [2.75, 3.05) is 39.0 Å². The number of carbonyl (C=O) groups is 1. The average molecular weight is 473 g/mol. The lowest BCUT2D eigenvalue weighted by molar-refractivity contribution is -0.114. The molecule has 1 heterocycles. The Bertz CT molecular complexity index is 1090. The number of nitrogens with zero attached hydrogens (tertiary/aromatic N) is 1. The van der Waals surface area contributed by atoms with Gasteiger partial charge < -0.3 is 16.0 Å². The molecule has 1 saturated heterocycles. The van der Waals surface area contributed by atoms with Crippen molar-refractivity contribution >= 4 is 21.6 Å². The predicted molar refractivity (Wildman–Crippen MR) is 133 cm³/mol. The number of anilines is 1. The van der Waals surface area contributed by atoms with Gasteiger partial charge in [0.15, 0.2) is 0 Å². The van der Waals surface area contributed by atoms with Gasteiger partial charge in [0.05, 0.1) is 4.90 Å². The molecule has 2 unspecified atom stereocenters. The van der Waals surface area contributed by atoms with E-state index in [0.717, 1.165) is 36.2 Å². The number of hydrogen-bond donors (Lipinski definition) is 3. The largest absolute Gasteiger partial charge is 0.326 e. The number of hydrogen-bond acceptors (Lipinski definition) is 5. The van der Waals surface area contributed by atoms with Crippen molar-refractivity contribution in [3.8, 4) is 0 Å². The fraction of sp³-hybridized carbons (Fsp3) is 0.480. The first kappa shape index (κ1) is 25.4. The van der Waals surface area contributed by atoms with Crippen molar-refractivity contribution < 1.29 is 13.2 Å². The van der Waals surface area contributed by atoms with Crippen LogP contribution in [0.5, 0.6) is 0 Å². The Morgan fingerprint density at radius 1 is 1.15 bits per heavy atom. The molecule has 33 heavy (non-hydrogen) atoms. The minimum Gasteiger partial charge on any atom is -0.326 e. The molecular formula is C25H36N4O3S. The van der Waals surface area contributed by atoms with Gasteiger partial charge in [-0.05, 0) is 74.0 Å². The van der Waals surface area contributed by atoms with Gasteiger partial charge >= 0.3 is 0 Å². The maximum Gasteiger partial charge on any atom is 0.243 e. The summed E-state index contributed by atoms with van der Waals surface area (Å²) in [6.45, 7) is 7.22. The molecule has 1 amide bonds. The van der Waals surface area contributed by atoms with E-state index in [9.17, 15) is 13.2 Å². The Morgan fingerprint density at radius 2 is 1.91 bits per heavy atom. The Hall–Kier alpha value is -2.26. The van der Waals surface area contributed by atoms with E-state index in [1.807, 2.05) is 44.3 Å². The van der Waals surface area contributed by atoms with Gasteiger partial charge in [-0.25, -0.2) is 8.42 Å². The zero-order valence-corrected chi connectivity index (χ0v) is 21.1. The van der Waals surface area contributed by atoms with Crippen molar-refractivity contribution in [3.05, 3.63) is 58.7 Å². The van der Waals surface area contributed by atoms with Crippen LogP contribution in [-0.4, -0.2) is 52.4 Å². The molecule has 1 aliphatic rings. The number of sulfonamides is 1. The highest BCUT2D eigenvalue weighted by Crippen LogP contribution is 2.37. The van der Waals surface area contributed by atoms with Gasteiger partial charge in [-0.1, -0.05) is 24.3 Å². The molecule has 8 heteroatoms. The fourth-order valence-corrected chi connectivity index (χ4v) is 6.00. The predicted octanol–water partition coefficient (Wildman–Crippen LogP) is 3.31. The minimum absolute atomic E-state index is 0.0726. The number of nitrogens with one attached hydrogen (secondary N) is 3. The second-order valence-electron chi connectivity index (χ2n) is 8.91. The summed E-state index contributed by atoms with van der Waals surface area (Å²) in [5.74, 6) is 0.210. The van der Waals surface area contributed by atoms with Crippen LogP contribution in [0.25, 0.3) is 0 Å². The second kappa shape index (κ2) is 10.8. The van der Waals surface area contributed by atoms with Gasteiger partial charge in [-0.2, -0.15) is 4.31 Å². The number of likely N-dealkylation sites (N-methyl/N-ethyl adjacent to an activating group) is 2. The van der Waals surface area contributed by atoms with Crippen LogP contribution in [0, 0.1) is 13.8 Å². The lowest BCUT2D eigenvalue weighted by Gasteiger charge is -2.32. The number of amides is 1. The number of rotatable bonds is 8. The lowest BCUT2D eigenvalue weighted by Crippen LogP contribution is -2.34. The third-order valence-corrected chi connectivity index (χ3v) is 8.44. The number of piperidine rings is 1. The highest BCUT2D eigenvalue weighted by Gasteiger charge is 2.28. The number of aryl methyl sites for hydroxylation is 2. The Kier molecular flexibility index (Phi) is 8.28. The van der Waals surface area contributed by atoms with Crippen LogP contribution in [0.15, 0.2) is 41.3 Å². The van der Waals surface area contributed by atoms with Crippen molar-refractivity contribution in [2.24, 2.45) is 0 Å². The quantitative estimate of drug-likeness (QED) is 0.548. The third kappa shape index (κ3) is 5.81. The van der Waals surface area contributed by atoms with Gasteiger partial charge in [0, 0.05) is 45.3 Å². The third-order valence-electron chi connectivity index (χ3n) is 6.44. The molecule has 3 rings (SSSR count). The summed E-state index contributed by atoms with van der Waals surface area (Å²) < 4.78 is 27.7. The summed E-state index contributed by atoms with van der Waals surface area (Å²) in [6, 6.07) is 11.8. The van der Waals surface area contributed by atoms with Gasteiger partial charge in [0.25, 0.3) is 0 Å². The molecular weight excluding hydrogens is 436 g/mol. The van der Waals surface area contributed by atoms with Crippen molar-refractivity contribution in [3.63, 3.8) is 0 Å². The van der Waals surface area contributed by atoms with Crippen molar-refractivity contribution in [2.45, 2.75) is 50.5 Å². The van der Waals surface area contributed by atoms with Crippen LogP contribution in [0.3, 0.4) is 0 Å². The zero-order chi connectivity index (χ0) is 24.2. The molecule has 1 fully saturated rings.